The Labute approximate surface area is 143 Å². The normalized spacial score (nSPS) is 10.5. The molecule has 24 heavy (non-hydrogen) atoms. The van der Waals surface area contributed by atoms with E-state index >= 15 is 0 Å². The van der Waals surface area contributed by atoms with Crippen molar-refractivity contribution in [3.05, 3.63) is 58.4 Å². The van der Waals surface area contributed by atoms with Crippen molar-refractivity contribution in [2.24, 2.45) is 0 Å². The average Bonchev–Trinajstić information content (AvgIpc) is 3.00. The minimum Gasteiger partial charge on any atom is -0.504 e. The lowest BCUT2D eigenvalue weighted by Crippen LogP contribution is -2.14. The second-order valence-corrected chi connectivity index (χ2v) is 6.31. The molecule has 0 atom stereocenters. The number of aromatic nitrogens is 1. The van der Waals surface area contributed by atoms with Crippen LogP contribution in [-0.4, -0.2) is 21.1 Å². The average molecular weight is 340 g/mol. The Morgan fingerprint density at radius 1 is 1.17 bits per heavy atom. The molecule has 0 spiro atoms. The highest BCUT2D eigenvalue weighted by Gasteiger charge is 2.11. The van der Waals surface area contributed by atoms with Gasteiger partial charge < -0.3 is 15.5 Å². The van der Waals surface area contributed by atoms with Crippen LogP contribution in [0.25, 0.3) is 11.3 Å². The number of hydrogen-bond donors (Lipinski definition) is 3. The molecule has 5 nitrogen and oxygen atoms in total. The van der Waals surface area contributed by atoms with Gasteiger partial charge in [0.2, 0.25) is 5.91 Å². The van der Waals surface area contributed by atoms with Gasteiger partial charge in [-0.2, -0.15) is 0 Å². The number of hydrogen-bond acceptors (Lipinski definition) is 5. The second-order valence-electron chi connectivity index (χ2n) is 5.37. The molecule has 2 aromatic carbocycles. The van der Waals surface area contributed by atoms with Gasteiger partial charge in [-0.15, -0.1) is 11.3 Å². The van der Waals surface area contributed by atoms with Crippen LogP contribution >= 0.6 is 11.3 Å². The first-order chi connectivity index (χ1) is 11.5. The monoisotopic (exact) mass is 340 g/mol. The SMILES string of the molecule is Cc1ccccc1NC(=O)Cc1nc(-c2ccc(O)c(O)c2)cs1. The number of nitrogens with one attached hydrogen (secondary N) is 1. The van der Waals surface area contributed by atoms with Crippen LogP contribution in [0.1, 0.15) is 10.6 Å². The molecule has 0 saturated heterocycles. The van der Waals surface area contributed by atoms with Gasteiger partial charge in [0, 0.05) is 16.6 Å². The van der Waals surface area contributed by atoms with E-state index in [2.05, 4.69) is 10.3 Å². The summed E-state index contributed by atoms with van der Waals surface area (Å²) < 4.78 is 0. The van der Waals surface area contributed by atoms with E-state index in [9.17, 15) is 15.0 Å². The highest BCUT2D eigenvalue weighted by atomic mass is 32.1. The highest BCUT2D eigenvalue weighted by molar-refractivity contribution is 7.10. The number of aromatic hydroxyl groups is 2. The number of phenolic OH excluding ortho intramolecular Hbond substituents is 2. The van der Waals surface area contributed by atoms with Crippen LogP contribution in [0.3, 0.4) is 0 Å². The third-order valence-electron chi connectivity index (χ3n) is 3.55. The summed E-state index contributed by atoms with van der Waals surface area (Å²) in [6.45, 7) is 1.94. The number of nitrogens with zero attached hydrogens (tertiary/aromatic N) is 1. The molecule has 0 unspecified atom stereocenters. The third kappa shape index (κ3) is 3.55. The first-order valence-electron chi connectivity index (χ1n) is 7.35. The zero-order chi connectivity index (χ0) is 17.1. The van der Waals surface area contributed by atoms with Crippen LogP contribution in [0.4, 0.5) is 5.69 Å². The fourth-order valence-electron chi connectivity index (χ4n) is 2.25. The smallest absolute Gasteiger partial charge is 0.231 e. The number of carbonyl (C=O) groups is 1. The van der Waals surface area contributed by atoms with Crippen LogP contribution in [0, 0.1) is 6.92 Å². The Hall–Kier alpha value is -2.86. The number of amides is 1. The zero-order valence-electron chi connectivity index (χ0n) is 13.0. The van der Waals surface area contributed by atoms with Gasteiger partial charge in [0.05, 0.1) is 12.1 Å². The van der Waals surface area contributed by atoms with Crippen molar-refractivity contribution in [1.29, 1.82) is 0 Å². The summed E-state index contributed by atoms with van der Waals surface area (Å²) in [6.07, 6.45) is 0.184. The molecule has 0 fully saturated rings. The van der Waals surface area contributed by atoms with E-state index in [-0.39, 0.29) is 23.8 Å². The van der Waals surface area contributed by atoms with Crippen molar-refractivity contribution in [3.8, 4) is 22.8 Å². The Balaban J connectivity index is 1.70. The number of para-hydroxylation sites is 1. The summed E-state index contributed by atoms with van der Waals surface area (Å²) in [5.74, 6) is -0.495. The van der Waals surface area contributed by atoms with Gasteiger partial charge in [-0.3, -0.25) is 4.79 Å². The Kier molecular flexibility index (Phi) is 4.48. The van der Waals surface area contributed by atoms with Crippen LogP contribution in [0.2, 0.25) is 0 Å². The fourth-order valence-corrected chi connectivity index (χ4v) is 3.05. The van der Waals surface area contributed by atoms with E-state index in [1.165, 1.54) is 23.5 Å². The summed E-state index contributed by atoms with van der Waals surface area (Å²) in [4.78, 5) is 16.6. The molecule has 122 valence electrons. The lowest BCUT2D eigenvalue weighted by molar-refractivity contribution is -0.115. The Bertz CT molecular complexity index is 889. The number of benzene rings is 2. The van der Waals surface area contributed by atoms with E-state index in [0.29, 0.717) is 16.3 Å². The van der Waals surface area contributed by atoms with E-state index < -0.39 is 0 Å². The molecule has 1 heterocycles. The van der Waals surface area contributed by atoms with Crippen molar-refractivity contribution >= 4 is 22.9 Å². The van der Waals surface area contributed by atoms with E-state index in [4.69, 9.17) is 0 Å². The van der Waals surface area contributed by atoms with Crippen LogP contribution < -0.4 is 5.32 Å². The lowest BCUT2D eigenvalue weighted by atomic mass is 10.1. The predicted molar refractivity (Wildman–Crippen MR) is 94.4 cm³/mol. The number of carbonyl (C=O) groups excluding carboxylic acids is 1. The quantitative estimate of drug-likeness (QED) is 0.632. The van der Waals surface area contributed by atoms with Gasteiger partial charge >= 0.3 is 0 Å². The van der Waals surface area contributed by atoms with Crippen molar-refractivity contribution < 1.29 is 15.0 Å². The van der Waals surface area contributed by atoms with Crippen molar-refractivity contribution in [2.45, 2.75) is 13.3 Å². The van der Waals surface area contributed by atoms with Gasteiger partial charge in [0.15, 0.2) is 11.5 Å². The van der Waals surface area contributed by atoms with Gasteiger partial charge in [0.1, 0.15) is 5.01 Å². The molecule has 3 aromatic rings. The second kappa shape index (κ2) is 6.72. The minimum atomic E-state index is -0.195. The van der Waals surface area contributed by atoms with E-state index in [0.717, 1.165) is 11.3 Å². The summed E-state index contributed by atoms with van der Waals surface area (Å²) in [5, 5.41) is 24.3. The summed E-state index contributed by atoms with van der Waals surface area (Å²) >= 11 is 1.38. The number of thiazole rings is 1. The zero-order valence-corrected chi connectivity index (χ0v) is 13.8. The van der Waals surface area contributed by atoms with E-state index in [1.54, 1.807) is 6.07 Å². The summed E-state index contributed by atoms with van der Waals surface area (Å²) in [6, 6.07) is 12.1. The maximum atomic E-state index is 12.2. The molecular weight excluding hydrogens is 324 g/mol. The summed E-state index contributed by atoms with van der Waals surface area (Å²) in [7, 11) is 0. The molecule has 0 radical (unpaired) electrons. The summed E-state index contributed by atoms with van der Waals surface area (Å²) in [5.41, 5.74) is 3.15. The predicted octanol–water partition coefficient (Wildman–Crippen LogP) is 3.71. The standard InChI is InChI=1S/C18H16N2O3S/c1-11-4-2-3-5-13(11)19-17(23)9-18-20-14(10-24-18)12-6-7-15(21)16(22)8-12/h2-8,10,21-22H,9H2,1H3,(H,19,23). The Morgan fingerprint density at radius 2 is 1.96 bits per heavy atom. The molecule has 1 amide bonds. The molecule has 3 N–H and O–H groups in total. The molecule has 6 heteroatoms. The van der Waals surface area contributed by atoms with Gasteiger partial charge in [-0.05, 0) is 36.8 Å². The maximum Gasteiger partial charge on any atom is 0.231 e. The molecule has 0 aliphatic rings. The largest absolute Gasteiger partial charge is 0.504 e. The minimum absolute atomic E-state index is 0.126. The first-order valence-corrected chi connectivity index (χ1v) is 8.23. The molecule has 0 bridgehead atoms. The number of phenols is 2. The lowest BCUT2D eigenvalue weighted by Gasteiger charge is -2.06. The molecule has 1 aromatic heterocycles. The van der Waals surface area contributed by atoms with Crippen molar-refractivity contribution in [3.63, 3.8) is 0 Å². The van der Waals surface area contributed by atoms with Gasteiger partial charge in [0.25, 0.3) is 0 Å². The molecule has 0 aliphatic carbocycles. The number of aryl methyl sites for hydroxylation is 1. The molecule has 0 saturated carbocycles. The van der Waals surface area contributed by atoms with Gasteiger partial charge in [-0.25, -0.2) is 4.98 Å². The molecule has 3 rings (SSSR count). The first kappa shape index (κ1) is 16.0. The fraction of sp³-hybridized carbons (Fsp3) is 0.111. The van der Waals surface area contributed by atoms with Crippen LogP contribution in [0.15, 0.2) is 47.8 Å². The molecular formula is C18H16N2O3S. The topological polar surface area (TPSA) is 82.5 Å². The number of rotatable bonds is 4. The maximum absolute atomic E-state index is 12.2. The van der Waals surface area contributed by atoms with E-state index in [1.807, 2.05) is 36.6 Å². The van der Waals surface area contributed by atoms with Crippen molar-refractivity contribution in [1.82, 2.24) is 4.98 Å². The van der Waals surface area contributed by atoms with Gasteiger partial charge in [-0.1, -0.05) is 18.2 Å². The molecule has 0 aliphatic heterocycles. The van der Waals surface area contributed by atoms with Crippen molar-refractivity contribution in [2.75, 3.05) is 5.32 Å². The Morgan fingerprint density at radius 3 is 2.71 bits per heavy atom. The van der Waals surface area contributed by atoms with Crippen LogP contribution in [0.5, 0.6) is 11.5 Å². The highest BCUT2D eigenvalue weighted by Crippen LogP contribution is 2.31. The third-order valence-corrected chi connectivity index (χ3v) is 4.40. The number of anilines is 1. The van der Waals surface area contributed by atoms with Crippen LogP contribution in [-0.2, 0) is 11.2 Å².